The number of nitrogens with one attached hydrogen (secondary N) is 2. The van der Waals surface area contributed by atoms with E-state index >= 15 is 0 Å². The molecule has 2 atom stereocenters. The molecule has 2 aromatic heterocycles. The number of hydrogen-bond donors (Lipinski definition) is 5. The summed E-state index contributed by atoms with van der Waals surface area (Å²) < 4.78 is 64.5. The van der Waals surface area contributed by atoms with Gasteiger partial charge in [0.2, 0.25) is 11.8 Å². The topological polar surface area (TPSA) is 192 Å². The Morgan fingerprint density at radius 3 is 2.11 bits per heavy atom. The van der Waals surface area contributed by atoms with Gasteiger partial charge in [-0.15, -0.1) is 0 Å². The molecule has 2 unspecified atom stereocenters. The van der Waals surface area contributed by atoms with Crippen molar-refractivity contribution in [1.29, 1.82) is 0 Å². The van der Waals surface area contributed by atoms with E-state index in [1.165, 1.54) is 11.3 Å². The smallest absolute Gasteiger partial charge is 0.475 e. The first-order valence-electron chi connectivity index (χ1n) is 13.3. The zero-order valence-electron chi connectivity index (χ0n) is 23.9. The van der Waals surface area contributed by atoms with Gasteiger partial charge in [0.1, 0.15) is 0 Å². The molecular weight excluding hydrogens is 662 g/mol. The van der Waals surface area contributed by atoms with Gasteiger partial charge in [-0.2, -0.15) is 31.4 Å². The molecule has 4 aromatic rings. The quantitative estimate of drug-likeness (QED) is 0.182. The standard InChI is InChI=1S/C24H24N6O2S.2C2HF3O2/c25-9-8-22(31)30-13-18(15-4-2-1-3-5-15)19(14-30)23(32)29-24-28-20-7-6-16(10-21(20)33-24)17-11-26-27-12-17;2*3-2(4,5)1(6)7/h1-7,10-12,18-19H,8-9,13-14,25H2,(H,26,27)(H,28,29,32);2*(H,6,7). The van der Waals surface area contributed by atoms with Crippen molar-refractivity contribution in [3.05, 3.63) is 66.5 Å². The third-order valence-corrected chi connectivity index (χ3v) is 7.46. The number of alkyl halides is 6. The van der Waals surface area contributed by atoms with E-state index in [1.807, 2.05) is 54.7 Å². The van der Waals surface area contributed by atoms with Gasteiger partial charge in [0.25, 0.3) is 0 Å². The number of hydrogen-bond acceptors (Lipinski definition) is 8. The zero-order valence-corrected chi connectivity index (χ0v) is 24.7. The SMILES string of the molecule is NCCC(=O)N1CC(C(=O)Nc2nc3ccc(-c4cn[nH]c4)cc3s2)C(c2ccccc2)C1.O=C(O)C(F)(F)F.O=C(O)C(F)(F)F. The number of carboxylic acid groups (broad SMARTS) is 2. The molecule has 6 N–H and O–H groups in total. The average molecular weight is 689 g/mol. The highest BCUT2D eigenvalue weighted by atomic mass is 32.1. The second kappa shape index (κ2) is 15.5. The summed E-state index contributed by atoms with van der Waals surface area (Å²) in [5.41, 5.74) is 9.49. The van der Waals surface area contributed by atoms with Crippen LogP contribution in [0.2, 0.25) is 0 Å². The second-order valence-corrected chi connectivity index (χ2v) is 10.8. The van der Waals surface area contributed by atoms with Crippen molar-refractivity contribution in [3.8, 4) is 11.1 Å². The molecule has 3 heterocycles. The predicted molar refractivity (Wildman–Crippen MR) is 156 cm³/mol. The Balaban J connectivity index is 0.000000360. The molecule has 1 aliphatic rings. The van der Waals surface area contributed by atoms with Crippen LogP contribution in [0, 0.1) is 5.92 Å². The normalized spacial score (nSPS) is 16.0. The number of rotatable bonds is 6. The lowest BCUT2D eigenvalue weighted by Crippen LogP contribution is -2.32. The van der Waals surface area contributed by atoms with Crippen LogP contribution in [0.1, 0.15) is 17.9 Å². The van der Waals surface area contributed by atoms with E-state index in [0.717, 1.165) is 26.9 Å². The highest BCUT2D eigenvalue weighted by Crippen LogP contribution is 2.35. The van der Waals surface area contributed by atoms with Gasteiger partial charge in [0, 0.05) is 43.7 Å². The first-order chi connectivity index (χ1) is 22.0. The number of likely N-dealkylation sites (tertiary alicyclic amines) is 1. The van der Waals surface area contributed by atoms with E-state index in [4.69, 9.17) is 25.5 Å². The molecule has 252 valence electrons. The number of thiazole rings is 1. The van der Waals surface area contributed by atoms with Crippen molar-refractivity contribution >= 4 is 50.4 Å². The van der Waals surface area contributed by atoms with Crippen LogP contribution in [0.15, 0.2) is 60.9 Å². The van der Waals surface area contributed by atoms with E-state index < -0.39 is 24.3 Å². The van der Waals surface area contributed by atoms with Crippen molar-refractivity contribution in [2.45, 2.75) is 24.7 Å². The molecule has 0 spiro atoms. The van der Waals surface area contributed by atoms with Crippen molar-refractivity contribution in [2.75, 3.05) is 25.0 Å². The van der Waals surface area contributed by atoms with Crippen LogP contribution < -0.4 is 11.1 Å². The van der Waals surface area contributed by atoms with E-state index in [1.54, 1.807) is 11.1 Å². The van der Waals surface area contributed by atoms with Crippen LogP contribution in [0.5, 0.6) is 0 Å². The molecule has 2 amide bonds. The molecule has 1 aliphatic heterocycles. The summed E-state index contributed by atoms with van der Waals surface area (Å²) in [6, 6.07) is 15.9. The van der Waals surface area contributed by atoms with E-state index in [0.29, 0.717) is 24.8 Å². The van der Waals surface area contributed by atoms with Crippen LogP contribution in [0.4, 0.5) is 31.5 Å². The van der Waals surface area contributed by atoms with Gasteiger partial charge in [-0.1, -0.05) is 47.7 Å². The van der Waals surface area contributed by atoms with Gasteiger partial charge in [-0.05, 0) is 23.3 Å². The molecule has 0 bridgehead atoms. The summed E-state index contributed by atoms with van der Waals surface area (Å²) in [7, 11) is 0. The van der Waals surface area contributed by atoms with Crippen LogP contribution in [-0.2, 0) is 19.2 Å². The maximum absolute atomic E-state index is 13.3. The second-order valence-electron chi connectivity index (χ2n) is 9.74. The average Bonchev–Trinajstić information content (AvgIpc) is 3.77. The molecule has 0 aliphatic carbocycles. The summed E-state index contributed by atoms with van der Waals surface area (Å²) in [6.07, 6.45) is -6.27. The number of fused-ring (bicyclic) bond motifs is 1. The van der Waals surface area contributed by atoms with E-state index in [-0.39, 0.29) is 30.1 Å². The van der Waals surface area contributed by atoms with E-state index in [2.05, 4.69) is 20.5 Å². The molecule has 0 radical (unpaired) electrons. The minimum atomic E-state index is -5.08. The number of aromatic amines is 1. The Kier molecular flexibility index (Phi) is 12.0. The molecule has 12 nitrogen and oxygen atoms in total. The van der Waals surface area contributed by atoms with Crippen molar-refractivity contribution in [1.82, 2.24) is 20.1 Å². The molecule has 1 saturated heterocycles. The number of nitrogens with zero attached hydrogens (tertiary/aromatic N) is 3. The summed E-state index contributed by atoms with van der Waals surface area (Å²) in [4.78, 5) is 50.0. The number of aliphatic carboxylic acids is 2. The van der Waals surface area contributed by atoms with E-state index in [9.17, 15) is 35.9 Å². The molecular formula is C28H26F6N6O6S. The highest BCUT2D eigenvalue weighted by Gasteiger charge is 2.41. The van der Waals surface area contributed by atoms with Crippen LogP contribution in [0.3, 0.4) is 0 Å². The maximum atomic E-state index is 13.3. The third kappa shape index (κ3) is 10.2. The Bertz CT molecular complexity index is 1660. The third-order valence-electron chi connectivity index (χ3n) is 6.53. The number of benzene rings is 2. The minimum Gasteiger partial charge on any atom is -0.475 e. The fourth-order valence-corrected chi connectivity index (χ4v) is 5.27. The largest absolute Gasteiger partial charge is 0.490 e. The Morgan fingerprint density at radius 2 is 1.57 bits per heavy atom. The van der Waals surface area contributed by atoms with Crippen molar-refractivity contribution < 1.29 is 55.7 Å². The fraction of sp³-hybridized carbons (Fsp3) is 0.286. The summed E-state index contributed by atoms with van der Waals surface area (Å²) in [5.74, 6) is -6.08. The lowest BCUT2D eigenvalue weighted by atomic mass is 9.88. The van der Waals surface area contributed by atoms with Gasteiger partial charge in [-0.3, -0.25) is 14.7 Å². The molecule has 19 heteroatoms. The summed E-state index contributed by atoms with van der Waals surface area (Å²) in [6.45, 7) is 1.18. The summed E-state index contributed by atoms with van der Waals surface area (Å²) >= 11 is 1.44. The maximum Gasteiger partial charge on any atom is 0.490 e. The number of halogens is 6. The van der Waals surface area contributed by atoms with Crippen molar-refractivity contribution in [2.24, 2.45) is 11.7 Å². The lowest BCUT2D eigenvalue weighted by Gasteiger charge is -2.17. The molecule has 0 saturated carbocycles. The number of carbonyl (C=O) groups excluding carboxylic acids is 2. The first-order valence-corrected chi connectivity index (χ1v) is 14.2. The lowest BCUT2D eigenvalue weighted by molar-refractivity contribution is -0.193. The number of anilines is 1. The monoisotopic (exact) mass is 688 g/mol. The van der Waals surface area contributed by atoms with Gasteiger partial charge in [-0.25, -0.2) is 14.6 Å². The molecule has 47 heavy (non-hydrogen) atoms. The molecule has 2 aromatic carbocycles. The van der Waals surface area contributed by atoms with Gasteiger partial charge < -0.3 is 26.2 Å². The minimum absolute atomic E-state index is 0.0134. The Labute approximate surface area is 265 Å². The van der Waals surface area contributed by atoms with Crippen LogP contribution in [0.25, 0.3) is 21.3 Å². The predicted octanol–water partition coefficient (Wildman–Crippen LogP) is 4.48. The number of H-pyrrole nitrogens is 1. The number of amides is 2. The Morgan fingerprint density at radius 1 is 0.957 bits per heavy atom. The van der Waals surface area contributed by atoms with Gasteiger partial charge >= 0.3 is 24.3 Å². The van der Waals surface area contributed by atoms with Crippen LogP contribution >= 0.6 is 11.3 Å². The van der Waals surface area contributed by atoms with Gasteiger partial charge in [0.05, 0.1) is 22.3 Å². The number of aromatic nitrogens is 3. The van der Waals surface area contributed by atoms with Crippen molar-refractivity contribution in [3.63, 3.8) is 0 Å². The molecule has 1 fully saturated rings. The first kappa shape index (κ1) is 36.4. The molecule has 5 rings (SSSR count). The number of carboxylic acids is 2. The number of nitrogens with two attached hydrogens (primary N) is 1. The number of carbonyl (C=O) groups is 4. The summed E-state index contributed by atoms with van der Waals surface area (Å²) in [5, 5.41) is 24.6. The Hall–Kier alpha value is -5.04. The van der Waals surface area contributed by atoms with Crippen LogP contribution in [-0.4, -0.2) is 86.0 Å². The zero-order chi connectivity index (χ0) is 34.9. The highest BCUT2D eigenvalue weighted by molar-refractivity contribution is 7.22. The fourth-order valence-electron chi connectivity index (χ4n) is 4.36. The van der Waals surface area contributed by atoms with Gasteiger partial charge in [0.15, 0.2) is 5.13 Å².